The number of amides is 1. The van der Waals surface area contributed by atoms with Crippen molar-refractivity contribution in [3.05, 3.63) is 17.0 Å². The highest BCUT2D eigenvalue weighted by atomic mass is 16.2. The number of nitrogens with zero attached hydrogens (tertiary/aromatic N) is 3. The van der Waals surface area contributed by atoms with Crippen LogP contribution >= 0.6 is 0 Å². The van der Waals surface area contributed by atoms with Crippen LogP contribution in [-0.4, -0.2) is 47.5 Å². The molecule has 1 fully saturated rings. The molecular weight excluding hydrogens is 242 g/mol. The molecule has 0 spiro atoms. The zero-order valence-corrected chi connectivity index (χ0v) is 11.2. The number of nitrogens with one attached hydrogen (secondary N) is 2. The summed E-state index contributed by atoms with van der Waals surface area (Å²) in [6.45, 7) is 3.29. The monoisotopic (exact) mass is 261 g/mol. The van der Waals surface area contributed by atoms with Gasteiger partial charge in [0.15, 0.2) is 0 Å². The number of rotatable bonds is 2. The average Bonchev–Trinajstić information content (AvgIpc) is 2.99. The summed E-state index contributed by atoms with van der Waals surface area (Å²) in [5.41, 5.74) is 2.55. The Kier molecular flexibility index (Phi) is 3.33. The van der Waals surface area contributed by atoms with Crippen LogP contribution in [-0.2, 0) is 13.0 Å². The Balaban J connectivity index is 2.00. The van der Waals surface area contributed by atoms with Gasteiger partial charge in [-0.05, 0) is 12.8 Å². The highest BCUT2D eigenvalue weighted by molar-refractivity contribution is 5.94. The first-order chi connectivity index (χ1) is 9.29. The second-order valence-electron chi connectivity index (χ2n) is 5.00. The number of hydrogen-bond acceptors (Lipinski definition) is 5. The predicted molar refractivity (Wildman–Crippen MR) is 72.1 cm³/mol. The van der Waals surface area contributed by atoms with Gasteiger partial charge in [0.1, 0.15) is 5.69 Å². The lowest BCUT2D eigenvalue weighted by Gasteiger charge is -2.22. The zero-order valence-electron chi connectivity index (χ0n) is 11.2. The molecule has 1 saturated heterocycles. The van der Waals surface area contributed by atoms with Crippen LogP contribution in [0.25, 0.3) is 0 Å². The number of carbonyl (C=O) groups is 1. The summed E-state index contributed by atoms with van der Waals surface area (Å²) >= 11 is 0. The number of anilines is 1. The molecule has 19 heavy (non-hydrogen) atoms. The average molecular weight is 261 g/mol. The summed E-state index contributed by atoms with van der Waals surface area (Å²) in [5.74, 6) is 0.597. The predicted octanol–water partition coefficient (Wildman–Crippen LogP) is 0.400. The topological polar surface area (TPSA) is 70.2 Å². The third-order valence-corrected chi connectivity index (χ3v) is 3.75. The third-order valence-electron chi connectivity index (χ3n) is 3.75. The molecule has 2 aliphatic heterocycles. The molecule has 6 nitrogen and oxygen atoms in total. The number of aromatic nitrogens is 2. The van der Waals surface area contributed by atoms with E-state index >= 15 is 0 Å². The minimum atomic E-state index is 0.0522. The van der Waals surface area contributed by atoms with E-state index in [-0.39, 0.29) is 5.91 Å². The summed E-state index contributed by atoms with van der Waals surface area (Å²) in [6.07, 6.45) is 3.04. The molecule has 1 aromatic rings. The summed E-state index contributed by atoms with van der Waals surface area (Å²) in [4.78, 5) is 23.3. The molecule has 1 amide bonds. The lowest BCUT2D eigenvalue weighted by molar-refractivity contribution is 0.0785. The van der Waals surface area contributed by atoms with Gasteiger partial charge in [0.05, 0.1) is 5.69 Å². The standard InChI is InChI=1S/C13H19N5O/c1-14-13-16-10-4-5-15-8-9(10)11(17-13)12(19)18-6-2-3-7-18/h15H,2-8H2,1H3,(H,14,16,17). The summed E-state index contributed by atoms with van der Waals surface area (Å²) < 4.78 is 0. The summed E-state index contributed by atoms with van der Waals surface area (Å²) in [6, 6.07) is 0. The maximum atomic E-state index is 12.6. The van der Waals surface area contributed by atoms with Crippen molar-refractivity contribution in [3.8, 4) is 0 Å². The van der Waals surface area contributed by atoms with E-state index in [0.717, 1.165) is 50.2 Å². The number of likely N-dealkylation sites (tertiary alicyclic amines) is 1. The van der Waals surface area contributed by atoms with E-state index in [1.165, 1.54) is 0 Å². The minimum Gasteiger partial charge on any atom is -0.357 e. The highest BCUT2D eigenvalue weighted by Crippen LogP contribution is 2.20. The Morgan fingerprint density at radius 3 is 2.84 bits per heavy atom. The molecule has 0 saturated carbocycles. The summed E-state index contributed by atoms with van der Waals surface area (Å²) in [5, 5.41) is 6.24. The Hall–Kier alpha value is -1.69. The van der Waals surface area contributed by atoms with Crippen molar-refractivity contribution < 1.29 is 4.79 Å². The van der Waals surface area contributed by atoms with Crippen LogP contribution in [0.3, 0.4) is 0 Å². The molecular formula is C13H19N5O. The Labute approximate surface area is 112 Å². The van der Waals surface area contributed by atoms with Gasteiger partial charge in [0, 0.05) is 45.2 Å². The van der Waals surface area contributed by atoms with Gasteiger partial charge in [-0.25, -0.2) is 9.97 Å². The van der Waals surface area contributed by atoms with E-state index in [4.69, 9.17) is 0 Å². The van der Waals surface area contributed by atoms with Crippen molar-refractivity contribution >= 4 is 11.9 Å². The third kappa shape index (κ3) is 2.28. The van der Waals surface area contributed by atoms with Gasteiger partial charge in [0.2, 0.25) is 5.95 Å². The van der Waals surface area contributed by atoms with Gasteiger partial charge in [-0.2, -0.15) is 0 Å². The fourth-order valence-corrected chi connectivity index (χ4v) is 2.70. The maximum Gasteiger partial charge on any atom is 0.273 e. The lowest BCUT2D eigenvalue weighted by Crippen LogP contribution is -2.33. The zero-order chi connectivity index (χ0) is 13.2. The fourth-order valence-electron chi connectivity index (χ4n) is 2.70. The molecule has 3 rings (SSSR count). The van der Waals surface area contributed by atoms with Crippen molar-refractivity contribution in [3.63, 3.8) is 0 Å². The van der Waals surface area contributed by atoms with Crippen LogP contribution in [0, 0.1) is 0 Å². The van der Waals surface area contributed by atoms with Gasteiger partial charge in [-0.3, -0.25) is 4.79 Å². The molecule has 1 aromatic heterocycles. The summed E-state index contributed by atoms with van der Waals surface area (Å²) in [7, 11) is 1.78. The van der Waals surface area contributed by atoms with Crippen molar-refractivity contribution in [2.24, 2.45) is 0 Å². The van der Waals surface area contributed by atoms with Gasteiger partial charge in [-0.15, -0.1) is 0 Å². The molecule has 0 aromatic carbocycles. The van der Waals surface area contributed by atoms with Crippen LogP contribution in [0.15, 0.2) is 0 Å². The Bertz CT molecular complexity index is 496. The molecule has 3 heterocycles. The van der Waals surface area contributed by atoms with Crippen LogP contribution in [0.1, 0.15) is 34.6 Å². The van der Waals surface area contributed by atoms with E-state index in [9.17, 15) is 4.79 Å². The highest BCUT2D eigenvalue weighted by Gasteiger charge is 2.26. The van der Waals surface area contributed by atoms with Crippen molar-refractivity contribution in [2.75, 3.05) is 32.0 Å². The van der Waals surface area contributed by atoms with Crippen LogP contribution in [0.2, 0.25) is 0 Å². The molecule has 2 aliphatic rings. The Morgan fingerprint density at radius 1 is 1.32 bits per heavy atom. The van der Waals surface area contributed by atoms with Gasteiger partial charge in [0.25, 0.3) is 5.91 Å². The molecule has 0 bridgehead atoms. The molecule has 102 valence electrons. The van der Waals surface area contributed by atoms with Gasteiger partial charge < -0.3 is 15.5 Å². The largest absolute Gasteiger partial charge is 0.357 e. The van der Waals surface area contributed by atoms with Crippen molar-refractivity contribution in [1.82, 2.24) is 20.2 Å². The van der Waals surface area contributed by atoms with Crippen LogP contribution in [0.5, 0.6) is 0 Å². The van der Waals surface area contributed by atoms with E-state index in [2.05, 4.69) is 20.6 Å². The van der Waals surface area contributed by atoms with Crippen molar-refractivity contribution in [2.45, 2.75) is 25.8 Å². The van der Waals surface area contributed by atoms with E-state index in [1.807, 2.05) is 4.90 Å². The number of fused-ring (bicyclic) bond motifs is 1. The quantitative estimate of drug-likeness (QED) is 0.806. The molecule has 0 unspecified atom stereocenters. The van der Waals surface area contributed by atoms with E-state index in [1.54, 1.807) is 7.05 Å². The van der Waals surface area contributed by atoms with E-state index in [0.29, 0.717) is 18.2 Å². The smallest absolute Gasteiger partial charge is 0.273 e. The number of carbonyl (C=O) groups excluding carboxylic acids is 1. The van der Waals surface area contributed by atoms with Crippen molar-refractivity contribution in [1.29, 1.82) is 0 Å². The maximum absolute atomic E-state index is 12.6. The van der Waals surface area contributed by atoms with Crippen LogP contribution < -0.4 is 10.6 Å². The first kappa shape index (κ1) is 12.3. The normalized spacial score (nSPS) is 18.3. The van der Waals surface area contributed by atoms with Gasteiger partial charge >= 0.3 is 0 Å². The molecule has 0 radical (unpaired) electrons. The van der Waals surface area contributed by atoms with E-state index < -0.39 is 0 Å². The fraction of sp³-hybridized carbons (Fsp3) is 0.615. The second kappa shape index (κ2) is 5.13. The molecule has 0 aliphatic carbocycles. The molecule has 2 N–H and O–H groups in total. The minimum absolute atomic E-state index is 0.0522. The van der Waals surface area contributed by atoms with Gasteiger partial charge in [-0.1, -0.05) is 0 Å². The Morgan fingerprint density at radius 2 is 2.11 bits per heavy atom. The molecule has 6 heteroatoms. The molecule has 0 atom stereocenters. The number of hydrogen-bond donors (Lipinski definition) is 2. The first-order valence-electron chi connectivity index (χ1n) is 6.87. The first-order valence-corrected chi connectivity index (χ1v) is 6.87. The second-order valence-corrected chi connectivity index (χ2v) is 5.00. The SMILES string of the molecule is CNc1nc2c(c(C(=O)N3CCCC3)n1)CNCC2. The van der Waals surface area contributed by atoms with Crippen LogP contribution in [0.4, 0.5) is 5.95 Å². The lowest BCUT2D eigenvalue weighted by atomic mass is 10.0.